The first-order valence-corrected chi connectivity index (χ1v) is 11.4. The van der Waals surface area contributed by atoms with E-state index < -0.39 is 0 Å². The van der Waals surface area contributed by atoms with E-state index in [9.17, 15) is 4.79 Å². The molecule has 5 nitrogen and oxygen atoms in total. The van der Waals surface area contributed by atoms with Crippen molar-refractivity contribution in [3.63, 3.8) is 0 Å². The first-order chi connectivity index (χ1) is 13.6. The highest BCUT2D eigenvalue weighted by molar-refractivity contribution is 7.22. The Morgan fingerprint density at radius 3 is 2.76 bits per heavy atom. The SMILES string of the molecule is Cc1ccc2nc(N(CCCN3CCOCC3)C(=O)c3ccc(Cl)s3)sc2c1.Cl. The molecule has 0 atom stereocenters. The Kier molecular flexibility index (Phi) is 7.90. The van der Waals surface area contributed by atoms with Crippen LogP contribution in [0.1, 0.15) is 21.7 Å². The molecule has 9 heteroatoms. The molecular formula is C20H23Cl2N3O2S2. The molecular weight excluding hydrogens is 449 g/mol. The van der Waals surface area contributed by atoms with Gasteiger partial charge in [-0.15, -0.1) is 23.7 Å². The fraction of sp³-hybridized carbons (Fsp3) is 0.400. The molecule has 0 radical (unpaired) electrons. The number of rotatable bonds is 6. The molecule has 1 saturated heterocycles. The number of benzene rings is 1. The van der Waals surface area contributed by atoms with Crippen LogP contribution in [0, 0.1) is 6.92 Å². The fourth-order valence-corrected chi connectivity index (χ4v) is 5.34. The number of thiophene rings is 1. The molecule has 0 spiro atoms. The van der Waals surface area contributed by atoms with Gasteiger partial charge in [-0.3, -0.25) is 14.6 Å². The van der Waals surface area contributed by atoms with Gasteiger partial charge in [0.05, 0.1) is 32.6 Å². The van der Waals surface area contributed by atoms with Gasteiger partial charge >= 0.3 is 0 Å². The van der Waals surface area contributed by atoms with Crippen LogP contribution in [-0.2, 0) is 4.74 Å². The highest BCUT2D eigenvalue weighted by atomic mass is 35.5. The molecule has 29 heavy (non-hydrogen) atoms. The molecule has 4 rings (SSSR count). The maximum atomic E-state index is 13.2. The molecule has 0 bridgehead atoms. The Hall–Kier alpha value is -1.22. The second-order valence-electron chi connectivity index (χ2n) is 6.84. The number of carbonyl (C=O) groups is 1. The summed E-state index contributed by atoms with van der Waals surface area (Å²) in [7, 11) is 0. The van der Waals surface area contributed by atoms with Gasteiger partial charge in [0.1, 0.15) is 0 Å². The zero-order valence-electron chi connectivity index (χ0n) is 16.1. The molecule has 1 aliphatic heterocycles. The monoisotopic (exact) mass is 471 g/mol. The number of halogens is 2. The third-order valence-corrected chi connectivity index (χ3v) is 7.01. The van der Waals surface area contributed by atoms with Crippen LogP contribution in [0.25, 0.3) is 10.2 Å². The van der Waals surface area contributed by atoms with Crippen molar-refractivity contribution in [2.75, 3.05) is 44.3 Å². The van der Waals surface area contributed by atoms with Crippen LogP contribution in [0.5, 0.6) is 0 Å². The average molecular weight is 472 g/mol. The molecule has 1 aromatic carbocycles. The van der Waals surface area contributed by atoms with Crippen LogP contribution in [-0.4, -0.2) is 55.2 Å². The van der Waals surface area contributed by atoms with E-state index in [-0.39, 0.29) is 18.3 Å². The first-order valence-electron chi connectivity index (χ1n) is 9.35. The summed E-state index contributed by atoms with van der Waals surface area (Å²) in [4.78, 5) is 22.8. The van der Waals surface area contributed by atoms with Crippen molar-refractivity contribution >= 4 is 67.9 Å². The lowest BCUT2D eigenvalue weighted by Crippen LogP contribution is -2.39. The van der Waals surface area contributed by atoms with Gasteiger partial charge in [-0.25, -0.2) is 4.98 Å². The molecule has 156 valence electrons. The number of thiazole rings is 1. The fourth-order valence-electron chi connectivity index (χ4n) is 3.26. The number of ether oxygens (including phenoxy) is 1. The van der Waals surface area contributed by atoms with E-state index in [4.69, 9.17) is 21.3 Å². The predicted molar refractivity (Wildman–Crippen MR) is 124 cm³/mol. The second kappa shape index (κ2) is 10.2. The molecule has 1 amide bonds. The maximum Gasteiger partial charge on any atom is 0.270 e. The van der Waals surface area contributed by atoms with Crippen molar-refractivity contribution in [1.29, 1.82) is 0 Å². The largest absolute Gasteiger partial charge is 0.379 e. The van der Waals surface area contributed by atoms with E-state index in [1.54, 1.807) is 23.5 Å². The number of nitrogens with zero attached hydrogens (tertiary/aromatic N) is 3. The molecule has 1 aliphatic rings. The van der Waals surface area contributed by atoms with Gasteiger partial charge in [0, 0.05) is 26.2 Å². The molecule has 2 aromatic heterocycles. The van der Waals surface area contributed by atoms with Gasteiger partial charge in [-0.05, 0) is 43.2 Å². The number of fused-ring (bicyclic) bond motifs is 1. The lowest BCUT2D eigenvalue weighted by molar-refractivity contribution is 0.0376. The summed E-state index contributed by atoms with van der Waals surface area (Å²) < 4.78 is 7.14. The molecule has 0 aliphatic carbocycles. The summed E-state index contributed by atoms with van der Waals surface area (Å²) in [6.45, 7) is 7.12. The van der Waals surface area contributed by atoms with Crippen molar-refractivity contribution in [1.82, 2.24) is 9.88 Å². The van der Waals surface area contributed by atoms with Crippen LogP contribution in [0.2, 0.25) is 4.34 Å². The van der Waals surface area contributed by atoms with Gasteiger partial charge in [0.15, 0.2) is 5.13 Å². The molecule has 0 unspecified atom stereocenters. The predicted octanol–water partition coefficient (Wildman–Crippen LogP) is 5.11. The first kappa shape index (κ1) is 22.5. The standard InChI is InChI=1S/C20H22ClN3O2S2.ClH/c1-14-3-4-15-17(13-14)28-20(22-15)24(19(25)16-5-6-18(21)27-16)8-2-7-23-9-11-26-12-10-23;/h3-6,13H,2,7-12H2,1H3;1H. The minimum atomic E-state index is -0.0327. The number of morpholine rings is 1. The van der Waals surface area contributed by atoms with Crippen LogP contribution >= 0.6 is 46.7 Å². The van der Waals surface area contributed by atoms with Gasteiger partial charge in [0.2, 0.25) is 0 Å². The number of anilines is 1. The number of carbonyl (C=O) groups excluding carboxylic acids is 1. The minimum Gasteiger partial charge on any atom is -0.379 e. The molecule has 1 fully saturated rings. The lowest BCUT2D eigenvalue weighted by atomic mass is 10.2. The maximum absolute atomic E-state index is 13.2. The highest BCUT2D eigenvalue weighted by Crippen LogP contribution is 2.32. The molecule has 3 heterocycles. The Morgan fingerprint density at radius 2 is 2.03 bits per heavy atom. The number of hydrogen-bond donors (Lipinski definition) is 0. The summed E-state index contributed by atoms with van der Waals surface area (Å²) in [6, 6.07) is 9.75. The Morgan fingerprint density at radius 1 is 1.24 bits per heavy atom. The van der Waals surface area contributed by atoms with Gasteiger partial charge in [-0.2, -0.15) is 0 Å². The topological polar surface area (TPSA) is 45.7 Å². The minimum absolute atomic E-state index is 0. The van der Waals surface area contributed by atoms with Crippen LogP contribution < -0.4 is 4.90 Å². The summed E-state index contributed by atoms with van der Waals surface area (Å²) in [6.07, 6.45) is 0.889. The zero-order valence-corrected chi connectivity index (χ0v) is 19.3. The Labute approximate surface area is 189 Å². The zero-order chi connectivity index (χ0) is 19.5. The summed E-state index contributed by atoms with van der Waals surface area (Å²) >= 11 is 8.94. The highest BCUT2D eigenvalue weighted by Gasteiger charge is 2.23. The van der Waals surface area contributed by atoms with E-state index in [0.29, 0.717) is 15.8 Å². The van der Waals surface area contributed by atoms with Crippen molar-refractivity contribution in [2.45, 2.75) is 13.3 Å². The van der Waals surface area contributed by atoms with Crippen LogP contribution in [0.15, 0.2) is 30.3 Å². The number of hydrogen-bond acceptors (Lipinski definition) is 6. The second-order valence-corrected chi connectivity index (χ2v) is 9.56. The lowest BCUT2D eigenvalue weighted by Gasteiger charge is -2.27. The van der Waals surface area contributed by atoms with Crippen molar-refractivity contribution in [3.8, 4) is 0 Å². The molecule has 3 aromatic rings. The Balaban J connectivity index is 0.00000240. The summed E-state index contributed by atoms with van der Waals surface area (Å²) in [5.41, 5.74) is 2.12. The molecule has 0 saturated carbocycles. The van der Waals surface area contributed by atoms with Crippen molar-refractivity contribution in [2.24, 2.45) is 0 Å². The number of amides is 1. The molecule has 0 N–H and O–H groups in total. The Bertz CT molecular complexity index is 970. The average Bonchev–Trinajstić information content (AvgIpc) is 3.31. The van der Waals surface area contributed by atoms with Crippen molar-refractivity contribution < 1.29 is 9.53 Å². The summed E-state index contributed by atoms with van der Waals surface area (Å²) in [5, 5.41) is 0.747. The van der Waals surface area contributed by atoms with E-state index in [1.807, 2.05) is 11.0 Å². The van der Waals surface area contributed by atoms with E-state index in [1.165, 1.54) is 16.9 Å². The van der Waals surface area contributed by atoms with Crippen LogP contribution in [0.4, 0.5) is 5.13 Å². The quantitative estimate of drug-likeness (QED) is 0.500. The smallest absolute Gasteiger partial charge is 0.270 e. The van der Waals surface area contributed by atoms with Gasteiger partial charge in [-0.1, -0.05) is 29.0 Å². The summed E-state index contributed by atoms with van der Waals surface area (Å²) in [5.74, 6) is -0.0327. The van der Waals surface area contributed by atoms with E-state index >= 15 is 0 Å². The van der Waals surface area contributed by atoms with Crippen molar-refractivity contribution in [3.05, 3.63) is 45.1 Å². The third-order valence-electron chi connectivity index (χ3n) is 4.75. The van der Waals surface area contributed by atoms with Gasteiger partial charge in [0.25, 0.3) is 5.91 Å². The van der Waals surface area contributed by atoms with Gasteiger partial charge < -0.3 is 4.74 Å². The van der Waals surface area contributed by atoms with E-state index in [0.717, 1.165) is 54.6 Å². The van der Waals surface area contributed by atoms with Crippen LogP contribution in [0.3, 0.4) is 0 Å². The number of aromatic nitrogens is 1. The number of aryl methyl sites for hydroxylation is 1. The normalized spacial score (nSPS) is 14.7. The third kappa shape index (κ3) is 5.48. The van der Waals surface area contributed by atoms with E-state index in [2.05, 4.69) is 24.0 Å².